The highest BCUT2D eigenvalue weighted by Crippen LogP contribution is 2.28. The van der Waals surface area contributed by atoms with Crippen molar-refractivity contribution in [1.82, 2.24) is 10.2 Å². The molecular formula is C19H15ClN4O3S. The molecule has 0 aliphatic rings. The van der Waals surface area contributed by atoms with Crippen molar-refractivity contribution in [3.05, 3.63) is 53.1 Å². The van der Waals surface area contributed by atoms with Gasteiger partial charge < -0.3 is 14.5 Å². The number of carbonyl (C=O) groups is 1. The first-order chi connectivity index (χ1) is 13.5. The summed E-state index contributed by atoms with van der Waals surface area (Å²) in [6.45, 7) is 1.72. The van der Waals surface area contributed by atoms with Crippen LogP contribution in [0.5, 0.6) is 5.75 Å². The molecule has 142 valence electrons. The van der Waals surface area contributed by atoms with Crippen LogP contribution in [0.1, 0.15) is 12.5 Å². The Morgan fingerprint density at radius 3 is 2.68 bits per heavy atom. The van der Waals surface area contributed by atoms with E-state index in [9.17, 15) is 4.79 Å². The van der Waals surface area contributed by atoms with Gasteiger partial charge in [-0.1, -0.05) is 23.4 Å². The smallest absolute Gasteiger partial charge is 0.277 e. The molecule has 0 spiro atoms. The number of benzene rings is 2. The number of methoxy groups -OCH3 is 1. The SMILES string of the molecule is COc1ccc(-c2nnc(S[C@@H](C)C(=O)Nc3ccc(C#N)c(Cl)c3)o2)cc1. The van der Waals surface area contributed by atoms with Crippen LogP contribution >= 0.6 is 23.4 Å². The van der Waals surface area contributed by atoms with Gasteiger partial charge in [-0.3, -0.25) is 4.79 Å². The van der Waals surface area contributed by atoms with E-state index in [1.165, 1.54) is 6.07 Å². The van der Waals surface area contributed by atoms with Gasteiger partial charge in [0.15, 0.2) is 0 Å². The molecule has 0 unspecified atom stereocenters. The third-order valence-electron chi connectivity index (χ3n) is 3.75. The van der Waals surface area contributed by atoms with Crippen LogP contribution < -0.4 is 10.1 Å². The molecule has 0 radical (unpaired) electrons. The summed E-state index contributed by atoms with van der Waals surface area (Å²) in [5.74, 6) is 0.831. The van der Waals surface area contributed by atoms with Gasteiger partial charge in [-0.25, -0.2) is 0 Å². The number of carbonyl (C=O) groups excluding carboxylic acids is 1. The van der Waals surface area contributed by atoms with Crippen molar-refractivity contribution in [2.75, 3.05) is 12.4 Å². The average Bonchev–Trinajstić information content (AvgIpc) is 3.16. The molecule has 1 atom stereocenters. The van der Waals surface area contributed by atoms with Crippen LogP contribution in [0.3, 0.4) is 0 Å². The minimum Gasteiger partial charge on any atom is -0.497 e. The number of nitrogens with one attached hydrogen (secondary N) is 1. The topological polar surface area (TPSA) is 101 Å². The Kier molecular flexibility index (Phi) is 6.19. The normalized spacial score (nSPS) is 11.5. The maximum atomic E-state index is 12.4. The fourth-order valence-electron chi connectivity index (χ4n) is 2.24. The molecule has 3 rings (SSSR count). The summed E-state index contributed by atoms with van der Waals surface area (Å²) >= 11 is 7.13. The van der Waals surface area contributed by atoms with E-state index in [-0.39, 0.29) is 16.2 Å². The molecule has 1 aromatic heterocycles. The second-order valence-electron chi connectivity index (χ2n) is 5.66. The predicted molar refractivity (Wildman–Crippen MR) is 106 cm³/mol. The highest BCUT2D eigenvalue weighted by molar-refractivity contribution is 8.00. The van der Waals surface area contributed by atoms with E-state index in [4.69, 9.17) is 26.0 Å². The van der Waals surface area contributed by atoms with E-state index >= 15 is 0 Å². The molecule has 7 nitrogen and oxygen atoms in total. The lowest BCUT2D eigenvalue weighted by Gasteiger charge is -2.10. The lowest BCUT2D eigenvalue weighted by atomic mass is 10.2. The summed E-state index contributed by atoms with van der Waals surface area (Å²) < 4.78 is 10.7. The van der Waals surface area contributed by atoms with E-state index in [1.807, 2.05) is 18.2 Å². The summed E-state index contributed by atoms with van der Waals surface area (Å²) in [7, 11) is 1.59. The molecule has 1 heterocycles. The standard InChI is InChI=1S/C19H15ClN4O3S/c1-11(17(25)22-14-6-3-13(10-21)16(20)9-14)28-19-24-23-18(27-19)12-4-7-15(26-2)8-5-12/h3-9,11H,1-2H3,(H,22,25)/t11-/m0/s1. The van der Waals surface area contributed by atoms with Gasteiger partial charge in [-0.05, 0) is 49.4 Å². The van der Waals surface area contributed by atoms with Gasteiger partial charge >= 0.3 is 0 Å². The monoisotopic (exact) mass is 414 g/mol. The summed E-state index contributed by atoms with van der Waals surface area (Å²) in [6.07, 6.45) is 0. The molecule has 0 aliphatic heterocycles. The van der Waals surface area contributed by atoms with Crippen molar-refractivity contribution in [2.24, 2.45) is 0 Å². The molecule has 3 aromatic rings. The highest BCUT2D eigenvalue weighted by Gasteiger charge is 2.19. The Morgan fingerprint density at radius 2 is 2.04 bits per heavy atom. The average molecular weight is 415 g/mol. The fourth-order valence-corrected chi connectivity index (χ4v) is 3.15. The third kappa shape index (κ3) is 4.63. The van der Waals surface area contributed by atoms with E-state index in [2.05, 4.69) is 15.5 Å². The van der Waals surface area contributed by atoms with Gasteiger partial charge in [-0.2, -0.15) is 5.26 Å². The van der Waals surface area contributed by atoms with Crippen LogP contribution in [0.4, 0.5) is 5.69 Å². The van der Waals surface area contributed by atoms with Crippen molar-refractivity contribution in [1.29, 1.82) is 5.26 Å². The number of halogens is 1. The first-order valence-corrected chi connectivity index (χ1v) is 9.41. The number of rotatable bonds is 6. The number of nitriles is 1. The van der Waals surface area contributed by atoms with Gasteiger partial charge in [0.1, 0.15) is 11.8 Å². The van der Waals surface area contributed by atoms with Crippen molar-refractivity contribution in [3.63, 3.8) is 0 Å². The maximum Gasteiger partial charge on any atom is 0.277 e. The van der Waals surface area contributed by atoms with Crippen LogP contribution in [0.15, 0.2) is 52.1 Å². The number of thioether (sulfide) groups is 1. The zero-order valence-corrected chi connectivity index (χ0v) is 16.5. The number of aromatic nitrogens is 2. The number of amides is 1. The number of hydrogen-bond donors (Lipinski definition) is 1. The second kappa shape index (κ2) is 8.78. The number of anilines is 1. The molecule has 1 N–H and O–H groups in total. The molecule has 0 saturated carbocycles. The Bertz CT molecular complexity index is 1030. The summed E-state index contributed by atoms with van der Waals surface area (Å²) in [5, 5.41) is 19.7. The van der Waals surface area contributed by atoms with E-state index in [1.54, 1.807) is 38.3 Å². The van der Waals surface area contributed by atoms with Gasteiger partial charge in [0.05, 0.1) is 22.9 Å². The molecule has 0 fully saturated rings. The summed E-state index contributed by atoms with van der Waals surface area (Å²) in [6, 6.07) is 13.9. The van der Waals surface area contributed by atoms with Crippen molar-refractivity contribution < 1.29 is 13.9 Å². The highest BCUT2D eigenvalue weighted by atomic mass is 35.5. The van der Waals surface area contributed by atoms with E-state index < -0.39 is 5.25 Å². The minimum atomic E-state index is -0.487. The number of hydrogen-bond acceptors (Lipinski definition) is 7. The van der Waals surface area contributed by atoms with Crippen LogP contribution in [-0.4, -0.2) is 28.5 Å². The first-order valence-electron chi connectivity index (χ1n) is 8.15. The zero-order chi connectivity index (χ0) is 20.1. The largest absolute Gasteiger partial charge is 0.497 e. The number of ether oxygens (including phenoxy) is 1. The molecule has 1 amide bonds. The van der Waals surface area contributed by atoms with Crippen LogP contribution in [-0.2, 0) is 4.79 Å². The Hall–Kier alpha value is -3.02. The van der Waals surface area contributed by atoms with Crippen LogP contribution in [0, 0.1) is 11.3 Å². The van der Waals surface area contributed by atoms with Crippen LogP contribution in [0.2, 0.25) is 5.02 Å². The van der Waals surface area contributed by atoms with Crippen molar-refractivity contribution in [2.45, 2.75) is 17.4 Å². The third-order valence-corrected chi connectivity index (χ3v) is 4.99. The first kappa shape index (κ1) is 19.7. The second-order valence-corrected chi connectivity index (χ2v) is 7.36. The van der Waals surface area contributed by atoms with E-state index in [0.29, 0.717) is 17.1 Å². The van der Waals surface area contributed by atoms with Gasteiger partial charge in [-0.15, -0.1) is 10.2 Å². The predicted octanol–water partition coefficient (Wildman–Crippen LogP) is 4.39. The molecule has 2 aromatic carbocycles. The minimum absolute atomic E-state index is 0.255. The molecule has 0 saturated heterocycles. The Balaban J connectivity index is 1.63. The van der Waals surface area contributed by atoms with Crippen molar-refractivity contribution >= 4 is 35.0 Å². The van der Waals surface area contributed by atoms with Gasteiger partial charge in [0.2, 0.25) is 11.8 Å². The molecule has 28 heavy (non-hydrogen) atoms. The van der Waals surface area contributed by atoms with Crippen molar-refractivity contribution in [3.8, 4) is 23.3 Å². The fraction of sp³-hybridized carbons (Fsp3) is 0.158. The molecular weight excluding hydrogens is 400 g/mol. The maximum absolute atomic E-state index is 12.4. The van der Waals surface area contributed by atoms with Crippen LogP contribution in [0.25, 0.3) is 11.5 Å². The summed E-state index contributed by atoms with van der Waals surface area (Å²) in [4.78, 5) is 12.4. The van der Waals surface area contributed by atoms with Gasteiger partial charge in [0.25, 0.3) is 5.22 Å². The number of nitrogens with zero attached hydrogens (tertiary/aromatic N) is 3. The lowest BCUT2D eigenvalue weighted by Crippen LogP contribution is -2.22. The Labute approximate surface area is 170 Å². The Morgan fingerprint density at radius 1 is 1.29 bits per heavy atom. The summed E-state index contributed by atoms with van der Waals surface area (Å²) in [5.41, 5.74) is 1.61. The molecule has 9 heteroatoms. The molecule has 0 bridgehead atoms. The molecule has 0 aliphatic carbocycles. The lowest BCUT2D eigenvalue weighted by molar-refractivity contribution is -0.115. The quantitative estimate of drug-likeness (QED) is 0.597. The van der Waals surface area contributed by atoms with Gasteiger partial charge in [0, 0.05) is 11.3 Å². The van der Waals surface area contributed by atoms with E-state index in [0.717, 1.165) is 23.1 Å². The zero-order valence-electron chi connectivity index (χ0n) is 15.0.